The smallest absolute Gasteiger partial charge is 0.201 e. The van der Waals surface area contributed by atoms with Crippen molar-refractivity contribution in [3.8, 4) is 0 Å². The Hall–Kier alpha value is -0.990. The summed E-state index contributed by atoms with van der Waals surface area (Å²) in [6, 6.07) is 0. The molecule has 0 saturated carbocycles. The van der Waals surface area contributed by atoms with E-state index in [4.69, 9.17) is 0 Å². The Morgan fingerprint density at radius 1 is 1.40 bits per heavy atom. The number of nitrogens with zero attached hydrogens (tertiary/aromatic N) is 3. The van der Waals surface area contributed by atoms with E-state index in [9.17, 15) is 0 Å². The van der Waals surface area contributed by atoms with E-state index in [2.05, 4.69) is 42.1 Å². The molecular weight excluding hydrogens is 126 g/mol. The number of aromatic nitrogens is 3. The molecule has 0 aliphatic rings. The van der Waals surface area contributed by atoms with Crippen LogP contribution >= 0.6 is 0 Å². The van der Waals surface area contributed by atoms with Crippen molar-refractivity contribution in [2.45, 2.75) is 26.2 Å². The van der Waals surface area contributed by atoms with E-state index in [-0.39, 0.29) is 5.41 Å². The maximum atomic E-state index is 4.00. The molecule has 0 bridgehead atoms. The van der Waals surface area contributed by atoms with E-state index < -0.39 is 0 Å². The zero-order valence-electron chi connectivity index (χ0n) is 6.42. The third-order valence-electron chi connectivity index (χ3n) is 1.12. The van der Waals surface area contributed by atoms with Gasteiger partial charge in [-0.05, 0) is 0 Å². The van der Waals surface area contributed by atoms with Crippen LogP contribution in [0, 0.1) is 6.33 Å². The number of hydrogen-bond acceptors (Lipinski definition) is 3. The summed E-state index contributed by atoms with van der Waals surface area (Å²) in [6.45, 7) is 6.16. The molecule has 53 valence electrons. The third-order valence-corrected chi connectivity index (χ3v) is 1.12. The lowest BCUT2D eigenvalue weighted by Crippen LogP contribution is -2.15. The van der Waals surface area contributed by atoms with Gasteiger partial charge in [0.1, 0.15) is 12.2 Å². The van der Waals surface area contributed by atoms with Crippen molar-refractivity contribution in [3.05, 3.63) is 18.5 Å². The zero-order chi connectivity index (χ0) is 7.61. The summed E-state index contributed by atoms with van der Waals surface area (Å²) in [4.78, 5) is 11.5. The lowest BCUT2D eigenvalue weighted by Gasteiger charge is -2.14. The summed E-state index contributed by atoms with van der Waals surface area (Å²) in [5.41, 5.74) is -0.000556. The molecule has 0 aromatic carbocycles. The first-order valence-corrected chi connectivity index (χ1v) is 3.16. The van der Waals surface area contributed by atoms with Crippen LogP contribution in [0.3, 0.4) is 0 Å². The molecule has 0 fully saturated rings. The van der Waals surface area contributed by atoms with Crippen molar-refractivity contribution in [3.63, 3.8) is 0 Å². The van der Waals surface area contributed by atoms with Crippen LogP contribution in [0.4, 0.5) is 0 Å². The maximum Gasteiger partial charge on any atom is 0.201 e. The largest absolute Gasteiger partial charge is 0.221 e. The minimum absolute atomic E-state index is 0.000556. The molecule has 10 heavy (non-hydrogen) atoms. The fourth-order valence-electron chi connectivity index (χ4n) is 0.576. The minimum atomic E-state index is -0.000556. The van der Waals surface area contributed by atoms with Crippen LogP contribution in [0.5, 0.6) is 0 Å². The number of rotatable bonds is 0. The Balaban J connectivity index is 2.97. The van der Waals surface area contributed by atoms with Gasteiger partial charge >= 0.3 is 0 Å². The highest BCUT2D eigenvalue weighted by molar-refractivity contribution is 4.97. The van der Waals surface area contributed by atoms with E-state index in [1.165, 1.54) is 6.33 Å². The van der Waals surface area contributed by atoms with Gasteiger partial charge in [-0.25, -0.2) is 15.0 Å². The highest BCUT2D eigenvalue weighted by Crippen LogP contribution is 2.15. The van der Waals surface area contributed by atoms with E-state index in [0.717, 1.165) is 5.82 Å². The summed E-state index contributed by atoms with van der Waals surface area (Å²) in [7, 11) is 0. The first-order valence-electron chi connectivity index (χ1n) is 3.16. The standard InChI is InChI=1S/C7H10N3/c1-7(2,3)6-9-4-8-5-10-6/h4H,1-3H3. The lowest BCUT2D eigenvalue weighted by atomic mass is 9.96. The quantitative estimate of drug-likeness (QED) is 0.533. The fraction of sp³-hybridized carbons (Fsp3) is 0.571. The van der Waals surface area contributed by atoms with Gasteiger partial charge in [0.05, 0.1) is 0 Å². The molecule has 1 heterocycles. The maximum absolute atomic E-state index is 4.00. The summed E-state index contributed by atoms with van der Waals surface area (Å²) >= 11 is 0. The Morgan fingerprint density at radius 3 is 2.40 bits per heavy atom. The first-order chi connectivity index (χ1) is 4.61. The van der Waals surface area contributed by atoms with Crippen LogP contribution in [0.2, 0.25) is 0 Å². The van der Waals surface area contributed by atoms with Crippen molar-refractivity contribution >= 4 is 0 Å². The second-order valence-corrected chi connectivity index (χ2v) is 3.16. The van der Waals surface area contributed by atoms with Crippen molar-refractivity contribution in [1.29, 1.82) is 0 Å². The average Bonchev–Trinajstić information content (AvgIpc) is 1.88. The topological polar surface area (TPSA) is 38.7 Å². The Morgan fingerprint density at radius 2 is 2.10 bits per heavy atom. The highest BCUT2D eigenvalue weighted by Gasteiger charge is 2.15. The van der Waals surface area contributed by atoms with Gasteiger partial charge in [-0.3, -0.25) is 0 Å². The average molecular weight is 136 g/mol. The molecule has 0 N–H and O–H groups in total. The molecule has 1 radical (unpaired) electrons. The van der Waals surface area contributed by atoms with E-state index in [1.54, 1.807) is 0 Å². The van der Waals surface area contributed by atoms with Crippen LogP contribution in [-0.4, -0.2) is 15.0 Å². The molecule has 0 aliphatic heterocycles. The molecule has 0 unspecified atom stereocenters. The van der Waals surface area contributed by atoms with Gasteiger partial charge in [0.15, 0.2) is 0 Å². The fourth-order valence-corrected chi connectivity index (χ4v) is 0.576. The van der Waals surface area contributed by atoms with Gasteiger partial charge in [0.2, 0.25) is 6.33 Å². The van der Waals surface area contributed by atoms with Gasteiger partial charge in [0, 0.05) is 5.41 Å². The van der Waals surface area contributed by atoms with E-state index >= 15 is 0 Å². The molecular formula is C7H10N3. The van der Waals surface area contributed by atoms with Gasteiger partial charge in [0.25, 0.3) is 0 Å². The lowest BCUT2D eigenvalue weighted by molar-refractivity contribution is 0.540. The Kier molecular flexibility index (Phi) is 1.66. The van der Waals surface area contributed by atoms with Crippen molar-refractivity contribution < 1.29 is 0 Å². The van der Waals surface area contributed by atoms with E-state index in [0.29, 0.717) is 0 Å². The Bertz CT molecular complexity index is 200. The van der Waals surface area contributed by atoms with Crippen molar-refractivity contribution in [1.82, 2.24) is 15.0 Å². The molecule has 1 rings (SSSR count). The van der Waals surface area contributed by atoms with Crippen LogP contribution in [0.25, 0.3) is 0 Å². The molecule has 3 heteroatoms. The summed E-state index contributed by atoms with van der Waals surface area (Å²) in [5, 5.41) is 0. The van der Waals surface area contributed by atoms with Crippen LogP contribution in [-0.2, 0) is 5.41 Å². The molecule has 1 aromatic heterocycles. The molecule has 0 amide bonds. The van der Waals surface area contributed by atoms with Crippen LogP contribution < -0.4 is 0 Å². The predicted molar refractivity (Wildman–Crippen MR) is 37.4 cm³/mol. The normalized spacial score (nSPS) is 11.5. The second kappa shape index (κ2) is 2.33. The minimum Gasteiger partial charge on any atom is -0.221 e. The molecule has 0 aliphatic carbocycles. The summed E-state index contributed by atoms with van der Waals surface area (Å²) < 4.78 is 0. The monoisotopic (exact) mass is 136 g/mol. The van der Waals surface area contributed by atoms with Gasteiger partial charge in [-0.2, -0.15) is 0 Å². The molecule has 0 saturated heterocycles. The van der Waals surface area contributed by atoms with Crippen LogP contribution in [0.15, 0.2) is 6.33 Å². The SMILES string of the molecule is CC(C)(C)c1n[c]ncn1. The number of hydrogen-bond donors (Lipinski definition) is 0. The molecule has 0 spiro atoms. The second-order valence-electron chi connectivity index (χ2n) is 3.16. The zero-order valence-corrected chi connectivity index (χ0v) is 6.42. The molecule has 0 atom stereocenters. The van der Waals surface area contributed by atoms with Gasteiger partial charge in [-0.1, -0.05) is 20.8 Å². The van der Waals surface area contributed by atoms with Gasteiger partial charge in [-0.15, -0.1) is 0 Å². The van der Waals surface area contributed by atoms with Gasteiger partial charge < -0.3 is 0 Å². The van der Waals surface area contributed by atoms with Crippen molar-refractivity contribution in [2.75, 3.05) is 0 Å². The summed E-state index contributed by atoms with van der Waals surface area (Å²) in [6.07, 6.45) is 3.97. The summed E-state index contributed by atoms with van der Waals surface area (Å²) in [5.74, 6) is 0.780. The molecule has 3 nitrogen and oxygen atoms in total. The highest BCUT2D eigenvalue weighted by atomic mass is 15.0. The predicted octanol–water partition coefficient (Wildman–Crippen LogP) is 0.969. The first kappa shape index (κ1) is 7.12. The Labute approximate surface area is 60.6 Å². The third kappa shape index (κ3) is 1.50. The van der Waals surface area contributed by atoms with Crippen molar-refractivity contribution in [2.24, 2.45) is 0 Å². The molecule has 1 aromatic rings. The van der Waals surface area contributed by atoms with Crippen LogP contribution in [0.1, 0.15) is 26.6 Å². The van der Waals surface area contributed by atoms with E-state index in [1.807, 2.05) is 0 Å².